The SMILES string of the molecule is O=C1C[CH]NCCC1. The summed E-state index contributed by atoms with van der Waals surface area (Å²) >= 11 is 0. The molecule has 8 heavy (non-hydrogen) atoms. The van der Waals surface area contributed by atoms with E-state index < -0.39 is 0 Å². The van der Waals surface area contributed by atoms with Crippen molar-refractivity contribution in [1.82, 2.24) is 5.32 Å². The summed E-state index contributed by atoms with van der Waals surface area (Å²) in [6, 6.07) is 0. The third-order valence-corrected chi connectivity index (χ3v) is 1.25. The summed E-state index contributed by atoms with van der Waals surface area (Å²) in [6.45, 7) is 2.81. The van der Waals surface area contributed by atoms with E-state index in [2.05, 4.69) is 5.32 Å². The number of hydrogen-bond acceptors (Lipinski definition) is 2. The van der Waals surface area contributed by atoms with Gasteiger partial charge in [0, 0.05) is 19.4 Å². The van der Waals surface area contributed by atoms with E-state index in [-0.39, 0.29) is 0 Å². The van der Waals surface area contributed by atoms with E-state index in [1.165, 1.54) is 0 Å². The smallest absolute Gasteiger partial charge is 0.134 e. The van der Waals surface area contributed by atoms with Crippen LogP contribution < -0.4 is 5.32 Å². The van der Waals surface area contributed by atoms with Gasteiger partial charge in [0.05, 0.1) is 0 Å². The molecule has 1 N–H and O–H groups in total. The Morgan fingerprint density at radius 1 is 1.62 bits per heavy atom. The minimum atomic E-state index is 0.356. The highest BCUT2D eigenvalue weighted by Gasteiger charge is 2.04. The Kier molecular flexibility index (Phi) is 2.03. The van der Waals surface area contributed by atoms with Gasteiger partial charge >= 0.3 is 0 Å². The summed E-state index contributed by atoms with van der Waals surface area (Å²) in [5.41, 5.74) is 0. The highest BCUT2D eigenvalue weighted by molar-refractivity contribution is 5.79. The first-order valence-corrected chi connectivity index (χ1v) is 2.96. The zero-order chi connectivity index (χ0) is 5.82. The van der Waals surface area contributed by atoms with Gasteiger partial charge in [-0.25, -0.2) is 0 Å². The Bertz CT molecular complexity index is 80.5. The van der Waals surface area contributed by atoms with E-state index in [1.807, 2.05) is 6.54 Å². The monoisotopic (exact) mass is 112 g/mol. The molecular weight excluding hydrogens is 102 g/mol. The Morgan fingerprint density at radius 2 is 2.50 bits per heavy atom. The summed E-state index contributed by atoms with van der Waals surface area (Å²) in [5, 5.41) is 3.03. The highest BCUT2D eigenvalue weighted by Crippen LogP contribution is 1.99. The van der Waals surface area contributed by atoms with Crippen molar-refractivity contribution in [3.63, 3.8) is 0 Å². The number of rotatable bonds is 0. The molecule has 1 saturated heterocycles. The van der Waals surface area contributed by atoms with E-state index in [0.717, 1.165) is 19.4 Å². The van der Waals surface area contributed by atoms with Crippen LogP contribution in [0.2, 0.25) is 0 Å². The maximum absolute atomic E-state index is 10.6. The van der Waals surface area contributed by atoms with Crippen LogP contribution in [0.5, 0.6) is 0 Å². The molecule has 0 spiro atoms. The fourth-order valence-electron chi connectivity index (χ4n) is 0.778. The normalized spacial score (nSPS) is 22.8. The first-order chi connectivity index (χ1) is 3.89. The van der Waals surface area contributed by atoms with Crippen molar-refractivity contribution in [2.24, 2.45) is 0 Å². The van der Waals surface area contributed by atoms with Crippen molar-refractivity contribution < 1.29 is 4.79 Å². The van der Waals surface area contributed by atoms with Crippen molar-refractivity contribution in [3.8, 4) is 0 Å². The molecule has 1 radical (unpaired) electrons. The molecule has 0 amide bonds. The van der Waals surface area contributed by atoms with Crippen LogP contribution in [0, 0.1) is 6.54 Å². The quantitative estimate of drug-likeness (QED) is 0.494. The third-order valence-electron chi connectivity index (χ3n) is 1.25. The lowest BCUT2D eigenvalue weighted by atomic mass is 10.2. The summed E-state index contributed by atoms with van der Waals surface area (Å²) in [5.74, 6) is 0.356. The average Bonchev–Trinajstić information content (AvgIpc) is 1.94. The van der Waals surface area contributed by atoms with Crippen LogP contribution in [-0.4, -0.2) is 12.3 Å². The summed E-state index contributed by atoms with van der Waals surface area (Å²) in [7, 11) is 0. The number of carbonyl (C=O) groups excluding carboxylic acids is 1. The number of nitrogens with one attached hydrogen (secondary N) is 1. The van der Waals surface area contributed by atoms with E-state index in [0.29, 0.717) is 12.2 Å². The van der Waals surface area contributed by atoms with Gasteiger partial charge in [-0.3, -0.25) is 4.79 Å². The van der Waals surface area contributed by atoms with Crippen molar-refractivity contribution in [1.29, 1.82) is 0 Å². The van der Waals surface area contributed by atoms with Gasteiger partial charge in [0.15, 0.2) is 0 Å². The van der Waals surface area contributed by atoms with Gasteiger partial charge in [-0.2, -0.15) is 0 Å². The van der Waals surface area contributed by atoms with Crippen molar-refractivity contribution in [2.75, 3.05) is 6.54 Å². The minimum Gasteiger partial charge on any atom is -0.312 e. The fourth-order valence-corrected chi connectivity index (χ4v) is 0.778. The predicted molar refractivity (Wildman–Crippen MR) is 31.2 cm³/mol. The molecule has 0 aliphatic carbocycles. The minimum absolute atomic E-state index is 0.356. The Hall–Kier alpha value is -0.370. The summed E-state index contributed by atoms with van der Waals surface area (Å²) in [6.07, 6.45) is 2.36. The average molecular weight is 112 g/mol. The number of hydrogen-bond donors (Lipinski definition) is 1. The predicted octanol–water partition coefficient (Wildman–Crippen LogP) is 0.491. The Labute approximate surface area is 49.3 Å². The molecule has 1 aliphatic rings. The molecule has 45 valence electrons. The molecule has 0 unspecified atom stereocenters. The second-order valence-electron chi connectivity index (χ2n) is 2.00. The number of Topliss-reactive ketones (excluding diaryl/α,β-unsaturated/α-hetero) is 1. The van der Waals surface area contributed by atoms with Gasteiger partial charge in [0.2, 0.25) is 0 Å². The molecule has 0 bridgehead atoms. The molecule has 0 aromatic carbocycles. The maximum Gasteiger partial charge on any atom is 0.134 e. The number of ketones is 1. The topological polar surface area (TPSA) is 29.1 Å². The largest absolute Gasteiger partial charge is 0.312 e. The molecule has 1 aliphatic heterocycles. The lowest BCUT2D eigenvalue weighted by Gasteiger charge is -1.90. The van der Waals surface area contributed by atoms with Crippen LogP contribution in [0.1, 0.15) is 19.3 Å². The third kappa shape index (κ3) is 1.62. The molecule has 0 atom stereocenters. The van der Waals surface area contributed by atoms with Gasteiger partial charge < -0.3 is 5.32 Å². The lowest BCUT2D eigenvalue weighted by Crippen LogP contribution is -2.07. The highest BCUT2D eigenvalue weighted by atomic mass is 16.1. The zero-order valence-corrected chi connectivity index (χ0v) is 4.81. The van der Waals surface area contributed by atoms with Crippen LogP contribution in [-0.2, 0) is 4.79 Å². The first kappa shape index (κ1) is 5.76. The van der Waals surface area contributed by atoms with Gasteiger partial charge in [0.25, 0.3) is 0 Å². The second kappa shape index (κ2) is 2.82. The molecular formula is C6H10NO. The fraction of sp³-hybridized carbons (Fsp3) is 0.667. The van der Waals surface area contributed by atoms with Crippen LogP contribution in [0.25, 0.3) is 0 Å². The van der Waals surface area contributed by atoms with Crippen LogP contribution in [0.3, 0.4) is 0 Å². The molecule has 2 heteroatoms. The van der Waals surface area contributed by atoms with Gasteiger partial charge in [-0.05, 0) is 13.0 Å². The van der Waals surface area contributed by atoms with Gasteiger partial charge in [-0.15, -0.1) is 0 Å². The van der Waals surface area contributed by atoms with Crippen molar-refractivity contribution >= 4 is 5.78 Å². The van der Waals surface area contributed by atoms with Crippen LogP contribution >= 0.6 is 0 Å². The standard InChI is InChI=1S/C6H10NO/c8-6-2-1-4-7-5-3-6/h5,7H,1-4H2. The maximum atomic E-state index is 10.6. The van der Waals surface area contributed by atoms with Gasteiger partial charge in [0.1, 0.15) is 5.78 Å². The molecule has 1 rings (SSSR count). The molecule has 1 fully saturated rings. The lowest BCUT2D eigenvalue weighted by molar-refractivity contribution is -0.118. The number of carbonyl (C=O) groups is 1. The molecule has 0 saturated carbocycles. The van der Waals surface area contributed by atoms with E-state index in [4.69, 9.17) is 0 Å². The Balaban J connectivity index is 2.27. The zero-order valence-electron chi connectivity index (χ0n) is 4.81. The van der Waals surface area contributed by atoms with E-state index >= 15 is 0 Å². The molecule has 1 heterocycles. The second-order valence-corrected chi connectivity index (χ2v) is 2.00. The van der Waals surface area contributed by atoms with Crippen molar-refractivity contribution in [3.05, 3.63) is 6.54 Å². The van der Waals surface area contributed by atoms with E-state index in [9.17, 15) is 4.79 Å². The Morgan fingerprint density at radius 3 is 3.38 bits per heavy atom. The summed E-state index contributed by atoms with van der Waals surface area (Å²) < 4.78 is 0. The molecule has 2 nitrogen and oxygen atoms in total. The molecule has 0 aromatic rings. The van der Waals surface area contributed by atoms with Gasteiger partial charge in [-0.1, -0.05) is 0 Å². The summed E-state index contributed by atoms with van der Waals surface area (Å²) in [4.78, 5) is 10.6. The first-order valence-electron chi connectivity index (χ1n) is 2.96. The van der Waals surface area contributed by atoms with Crippen LogP contribution in [0.4, 0.5) is 0 Å². The molecule has 0 aromatic heterocycles. The van der Waals surface area contributed by atoms with Crippen molar-refractivity contribution in [2.45, 2.75) is 19.3 Å². The van der Waals surface area contributed by atoms with Crippen LogP contribution in [0.15, 0.2) is 0 Å². The van der Waals surface area contributed by atoms with E-state index in [1.54, 1.807) is 0 Å².